The van der Waals surface area contributed by atoms with Crippen molar-refractivity contribution in [1.82, 2.24) is 0 Å². The van der Waals surface area contributed by atoms with Gasteiger partial charge in [0.25, 0.3) is 0 Å². The summed E-state index contributed by atoms with van der Waals surface area (Å²) in [5, 5.41) is 0. The summed E-state index contributed by atoms with van der Waals surface area (Å²) in [4.78, 5) is 10.9. The van der Waals surface area contributed by atoms with Crippen molar-refractivity contribution in [2.24, 2.45) is 0 Å². The summed E-state index contributed by atoms with van der Waals surface area (Å²) in [6.45, 7) is 2.82. The van der Waals surface area contributed by atoms with Gasteiger partial charge < -0.3 is 14.2 Å². The fourth-order valence-electron chi connectivity index (χ4n) is 1.38. The number of carbonyl (C=O) groups excluding carboxylic acids is 1. The monoisotopic (exact) mass is 252 g/mol. The molecule has 1 rings (SSSR count). The Kier molecular flexibility index (Phi) is 6.69. The number of ether oxygens (including phenoxy) is 3. The van der Waals surface area contributed by atoms with Gasteiger partial charge in [-0.25, -0.2) is 4.79 Å². The first kappa shape index (κ1) is 14.4. The van der Waals surface area contributed by atoms with Gasteiger partial charge in [0.05, 0.1) is 13.7 Å². The number of benzene rings is 1. The Labute approximate surface area is 108 Å². The molecule has 1 aromatic carbocycles. The van der Waals surface area contributed by atoms with Gasteiger partial charge in [-0.15, -0.1) is 0 Å². The Bertz CT molecular complexity index is 345. The number of methoxy groups -OCH3 is 1. The first-order chi connectivity index (χ1) is 8.76. The van der Waals surface area contributed by atoms with Gasteiger partial charge in [-0.1, -0.05) is 19.8 Å². The Morgan fingerprint density at radius 3 is 2.22 bits per heavy atom. The lowest BCUT2D eigenvalue weighted by Crippen LogP contribution is -2.12. The molecule has 0 aliphatic rings. The van der Waals surface area contributed by atoms with Gasteiger partial charge in [0, 0.05) is 0 Å². The number of rotatable bonds is 8. The van der Waals surface area contributed by atoms with Gasteiger partial charge in [-0.05, 0) is 30.7 Å². The first-order valence-corrected chi connectivity index (χ1v) is 6.18. The molecule has 0 spiro atoms. The van der Waals surface area contributed by atoms with Crippen LogP contribution >= 0.6 is 0 Å². The number of hydrogen-bond acceptors (Lipinski definition) is 4. The maximum absolute atomic E-state index is 10.9. The van der Waals surface area contributed by atoms with Crippen molar-refractivity contribution in [2.75, 3.05) is 20.3 Å². The minimum atomic E-state index is -0.394. The van der Waals surface area contributed by atoms with Crippen LogP contribution in [-0.2, 0) is 9.53 Å². The van der Waals surface area contributed by atoms with Gasteiger partial charge in [-0.2, -0.15) is 0 Å². The Hall–Kier alpha value is -1.71. The highest BCUT2D eigenvalue weighted by Gasteiger charge is 2.01. The molecule has 0 bridgehead atoms. The van der Waals surface area contributed by atoms with E-state index >= 15 is 0 Å². The molecule has 0 saturated carbocycles. The number of esters is 1. The van der Waals surface area contributed by atoms with Crippen molar-refractivity contribution < 1.29 is 19.0 Å². The van der Waals surface area contributed by atoms with Crippen LogP contribution in [0.1, 0.15) is 26.2 Å². The summed E-state index contributed by atoms with van der Waals surface area (Å²) in [7, 11) is 1.33. The van der Waals surface area contributed by atoms with Crippen LogP contribution in [0.25, 0.3) is 0 Å². The van der Waals surface area contributed by atoms with E-state index < -0.39 is 5.97 Å². The first-order valence-electron chi connectivity index (χ1n) is 6.18. The second kappa shape index (κ2) is 8.39. The van der Waals surface area contributed by atoms with Gasteiger partial charge in [0.15, 0.2) is 6.61 Å². The minimum Gasteiger partial charge on any atom is -0.494 e. The fourth-order valence-corrected chi connectivity index (χ4v) is 1.38. The molecule has 4 nitrogen and oxygen atoms in total. The predicted octanol–water partition coefficient (Wildman–Crippen LogP) is 2.81. The fraction of sp³-hybridized carbons (Fsp3) is 0.500. The van der Waals surface area contributed by atoms with E-state index in [1.807, 2.05) is 12.1 Å². The SMILES string of the molecule is CCCCCOc1ccc(OCC(=O)OC)cc1. The summed E-state index contributed by atoms with van der Waals surface area (Å²) in [5.41, 5.74) is 0. The van der Waals surface area contributed by atoms with Crippen molar-refractivity contribution >= 4 is 5.97 Å². The van der Waals surface area contributed by atoms with Crippen LogP contribution in [0.2, 0.25) is 0 Å². The average Bonchev–Trinajstić information content (AvgIpc) is 2.42. The molecule has 0 saturated heterocycles. The maximum atomic E-state index is 10.9. The van der Waals surface area contributed by atoms with E-state index in [0.717, 1.165) is 18.8 Å². The molecule has 0 atom stereocenters. The third-order valence-corrected chi connectivity index (χ3v) is 2.42. The standard InChI is InChI=1S/C14H20O4/c1-3-4-5-10-17-12-6-8-13(9-7-12)18-11-14(15)16-2/h6-9H,3-5,10-11H2,1-2H3. The molecule has 0 amide bonds. The van der Waals surface area contributed by atoms with Gasteiger partial charge in [0.1, 0.15) is 11.5 Å². The zero-order chi connectivity index (χ0) is 13.2. The molecule has 1 aromatic rings. The molecule has 18 heavy (non-hydrogen) atoms. The van der Waals surface area contributed by atoms with E-state index in [1.54, 1.807) is 12.1 Å². The third kappa shape index (κ3) is 5.57. The van der Waals surface area contributed by atoms with Crippen molar-refractivity contribution in [1.29, 1.82) is 0 Å². The van der Waals surface area contributed by atoms with E-state index in [2.05, 4.69) is 11.7 Å². The van der Waals surface area contributed by atoms with E-state index in [4.69, 9.17) is 9.47 Å². The van der Waals surface area contributed by atoms with Crippen molar-refractivity contribution in [2.45, 2.75) is 26.2 Å². The number of hydrogen-bond donors (Lipinski definition) is 0. The van der Waals surface area contributed by atoms with E-state index in [0.29, 0.717) is 5.75 Å². The van der Waals surface area contributed by atoms with Crippen LogP contribution in [0.4, 0.5) is 0 Å². The molecule has 0 heterocycles. The molecular formula is C14H20O4. The minimum absolute atomic E-state index is 0.0762. The lowest BCUT2D eigenvalue weighted by atomic mass is 10.3. The normalized spacial score (nSPS) is 9.89. The summed E-state index contributed by atoms with van der Waals surface area (Å²) < 4.78 is 15.3. The van der Waals surface area contributed by atoms with E-state index in [-0.39, 0.29) is 6.61 Å². The molecular weight excluding hydrogens is 232 g/mol. The second-order valence-corrected chi connectivity index (χ2v) is 3.89. The zero-order valence-corrected chi connectivity index (χ0v) is 11.0. The lowest BCUT2D eigenvalue weighted by molar-refractivity contribution is -0.142. The predicted molar refractivity (Wildman–Crippen MR) is 69.0 cm³/mol. The van der Waals surface area contributed by atoms with Crippen LogP contribution in [0, 0.1) is 0 Å². The molecule has 0 radical (unpaired) electrons. The quantitative estimate of drug-likeness (QED) is 0.527. The van der Waals surface area contributed by atoms with Gasteiger partial charge in [-0.3, -0.25) is 0 Å². The Morgan fingerprint density at radius 2 is 1.67 bits per heavy atom. The summed E-state index contributed by atoms with van der Waals surface area (Å²) in [6.07, 6.45) is 3.43. The highest BCUT2D eigenvalue weighted by molar-refractivity contribution is 5.70. The summed E-state index contributed by atoms with van der Waals surface area (Å²) in [5.74, 6) is 1.05. The van der Waals surface area contributed by atoms with Crippen LogP contribution in [0.3, 0.4) is 0 Å². The molecule has 100 valence electrons. The van der Waals surface area contributed by atoms with Gasteiger partial charge in [0.2, 0.25) is 0 Å². The van der Waals surface area contributed by atoms with Crippen molar-refractivity contribution in [3.05, 3.63) is 24.3 Å². The molecule has 0 aromatic heterocycles. The number of carbonyl (C=O) groups is 1. The van der Waals surface area contributed by atoms with Crippen LogP contribution < -0.4 is 9.47 Å². The third-order valence-electron chi connectivity index (χ3n) is 2.42. The molecule has 0 N–H and O–H groups in total. The summed E-state index contributed by atoms with van der Waals surface area (Å²) in [6, 6.07) is 7.22. The van der Waals surface area contributed by atoms with E-state index in [9.17, 15) is 4.79 Å². The molecule has 0 aliphatic heterocycles. The van der Waals surface area contributed by atoms with E-state index in [1.165, 1.54) is 20.0 Å². The van der Waals surface area contributed by atoms with Gasteiger partial charge >= 0.3 is 5.97 Å². The maximum Gasteiger partial charge on any atom is 0.343 e. The van der Waals surface area contributed by atoms with Crippen molar-refractivity contribution in [3.63, 3.8) is 0 Å². The summed E-state index contributed by atoms with van der Waals surface area (Å²) >= 11 is 0. The molecule has 0 fully saturated rings. The number of unbranched alkanes of at least 4 members (excludes halogenated alkanes) is 2. The Morgan fingerprint density at radius 1 is 1.06 bits per heavy atom. The topological polar surface area (TPSA) is 44.8 Å². The highest BCUT2D eigenvalue weighted by Crippen LogP contribution is 2.17. The van der Waals surface area contributed by atoms with Crippen LogP contribution in [0.5, 0.6) is 11.5 Å². The largest absolute Gasteiger partial charge is 0.494 e. The lowest BCUT2D eigenvalue weighted by Gasteiger charge is -2.07. The average molecular weight is 252 g/mol. The van der Waals surface area contributed by atoms with Crippen LogP contribution in [0.15, 0.2) is 24.3 Å². The highest BCUT2D eigenvalue weighted by atomic mass is 16.6. The smallest absolute Gasteiger partial charge is 0.343 e. The molecule has 0 aliphatic carbocycles. The van der Waals surface area contributed by atoms with Crippen LogP contribution in [-0.4, -0.2) is 26.3 Å². The second-order valence-electron chi connectivity index (χ2n) is 3.89. The molecule has 0 unspecified atom stereocenters. The van der Waals surface area contributed by atoms with Crippen molar-refractivity contribution in [3.8, 4) is 11.5 Å². The zero-order valence-electron chi connectivity index (χ0n) is 11.0. The Balaban J connectivity index is 2.31. The molecule has 4 heteroatoms.